The predicted octanol–water partition coefficient (Wildman–Crippen LogP) is 2.35. The molecule has 1 saturated heterocycles. The Morgan fingerprint density at radius 3 is 2.47 bits per heavy atom. The van der Waals surface area contributed by atoms with Crippen LogP contribution in [0.1, 0.15) is 45.4 Å². The Labute approximate surface area is 122 Å². The summed E-state index contributed by atoms with van der Waals surface area (Å²) in [6, 6.07) is 0.510. The second kappa shape index (κ2) is 6.45. The number of carbonyl (C=O) groups is 1. The minimum atomic E-state index is 0. The smallest absolute Gasteiger partial charge is 0.223 e. The topological polar surface area (TPSA) is 41.1 Å². The molecule has 1 aliphatic heterocycles. The normalized spacial score (nSPS) is 32.9. The molecule has 19 heavy (non-hydrogen) atoms. The van der Waals surface area contributed by atoms with Gasteiger partial charge in [0, 0.05) is 12.0 Å². The van der Waals surface area contributed by atoms with Crippen LogP contribution in [0.4, 0.5) is 0 Å². The van der Waals surface area contributed by atoms with E-state index < -0.39 is 0 Å². The lowest BCUT2D eigenvalue weighted by Gasteiger charge is -2.32. The van der Waals surface area contributed by atoms with Gasteiger partial charge in [-0.15, -0.1) is 12.4 Å². The number of amides is 1. The summed E-state index contributed by atoms with van der Waals surface area (Å²) in [5.74, 6) is 2.77. The zero-order valence-corrected chi connectivity index (χ0v) is 12.7. The summed E-state index contributed by atoms with van der Waals surface area (Å²) in [5.41, 5.74) is 0. The molecule has 1 heterocycles. The van der Waals surface area contributed by atoms with Crippen LogP contribution in [-0.2, 0) is 4.79 Å². The molecule has 3 atom stereocenters. The average Bonchev–Trinajstić information content (AvgIpc) is 3.07. The van der Waals surface area contributed by atoms with Crippen LogP contribution >= 0.6 is 12.4 Å². The summed E-state index contributed by atoms with van der Waals surface area (Å²) in [5, 5.41) is 6.53. The average molecular weight is 287 g/mol. The molecule has 3 nitrogen and oxygen atoms in total. The predicted molar refractivity (Wildman–Crippen MR) is 79.4 cm³/mol. The molecule has 0 aromatic carbocycles. The quantitative estimate of drug-likeness (QED) is 0.833. The van der Waals surface area contributed by atoms with Gasteiger partial charge in [-0.3, -0.25) is 4.79 Å². The summed E-state index contributed by atoms with van der Waals surface area (Å²) < 4.78 is 0. The molecule has 0 spiro atoms. The minimum absolute atomic E-state index is 0. The molecule has 3 unspecified atom stereocenters. The lowest BCUT2D eigenvalue weighted by atomic mass is 9.85. The first-order valence-corrected chi connectivity index (χ1v) is 7.77. The highest BCUT2D eigenvalue weighted by Crippen LogP contribution is 2.44. The second-order valence-corrected chi connectivity index (χ2v) is 6.62. The molecule has 0 radical (unpaired) electrons. The largest absolute Gasteiger partial charge is 0.353 e. The third-order valence-electron chi connectivity index (χ3n) is 5.36. The molecule has 3 aliphatic rings. The first kappa shape index (κ1) is 15.1. The van der Waals surface area contributed by atoms with E-state index in [2.05, 4.69) is 17.6 Å². The van der Waals surface area contributed by atoms with Crippen LogP contribution in [0.15, 0.2) is 0 Å². The third-order valence-corrected chi connectivity index (χ3v) is 5.36. The summed E-state index contributed by atoms with van der Waals surface area (Å²) >= 11 is 0. The molecule has 3 fully saturated rings. The lowest BCUT2D eigenvalue weighted by molar-refractivity contribution is -0.126. The van der Waals surface area contributed by atoms with Crippen LogP contribution in [0.5, 0.6) is 0 Å². The van der Waals surface area contributed by atoms with E-state index in [0.717, 1.165) is 24.9 Å². The van der Waals surface area contributed by atoms with E-state index in [-0.39, 0.29) is 18.3 Å². The molecular weight excluding hydrogens is 260 g/mol. The van der Waals surface area contributed by atoms with Gasteiger partial charge in [0.05, 0.1) is 0 Å². The van der Waals surface area contributed by atoms with Crippen molar-refractivity contribution < 1.29 is 4.79 Å². The zero-order chi connectivity index (χ0) is 12.5. The first-order chi connectivity index (χ1) is 8.75. The third kappa shape index (κ3) is 3.43. The monoisotopic (exact) mass is 286 g/mol. The standard InChI is InChI=1S/C15H26N2O.ClH/c1-10(12-8-16-9-12)15(18)17-14-7-13(14)11-5-3-2-4-6-11;/h10-14,16H,2-9H2,1H3,(H,17,18);1H. The van der Waals surface area contributed by atoms with Crippen LogP contribution in [0.25, 0.3) is 0 Å². The molecule has 2 saturated carbocycles. The SMILES string of the molecule is CC(C(=O)NC1CC1C1CCCCC1)C1CNC1.Cl. The number of rotatable bonds is 4. The second-order valence-electron chi connectivity index (χ2n) is 6.62. The fourth-order valence-electron chi connectivity index (χ4n) is 3.66. The van der Waals surface area contributed by atoms with Crippen molar-refractivity contribution in [3.05, 3.63) is 0 Å². The van der Waals surface area contributed by atoms with Gasteiger partial charge in [0.25, 0.3) is 0 Å². The number of halogens is 1. The highest BCUT2D eigenvalue weighted by Gasteiger charge is 2.44. The van der Waals surface area contributed by atoms with E-state index in [9.17, 15) is 4.79 Å². The van der Waals surface area contributed by atoms with Gasteiger partial charge in [-0.1, -0.05) is 39.0 Å². The Bertz CT molecular complexity index is 313. The minimum Gasteiger partial charge on any atom is -0.353 e. The molecule has 110 valence electrons. The van der Waals surface area contributed by atoms with Crippen molar-refractivity contribution in [2.45, 2.75) is 51.5 Å². The lowest BCUT2D eigenvalue weighted by Crippen LogP contribution is -2.50. The Balaban J connectivity index is 0.00000133. The first-order valence-electron chi connectivity index (χ1n) is 7.77. The van der Waals surface area contributed by atoms with Gasteiger partial charge in [-0.05, 0) is 37.3 Å². The van der Waals surface area contributed by atoms with Crippen LogP contribution < -0.4 is 10.6 Å². The maximum Gasteiger partial charge on any atom is 0.223 e. The summed E-state index contributed by atoms with van der Waals surface area (Å²) in [6.45, 7) is 4.12. The Kier molecular flexibility index (Phi) is 5.13. The molecule has 0 bridgehead atoms. The molecule has 4 heteroatoms. The van der Waals surface area contributed by atoms with Crippen LogP contribution in [-0.4, -0.2) is 25.0 Å². The van der Waals surface area contributed by atoms with Gasteiger partial charge in [0.2, 0.25) is 5.91 Å². The van der Waals surface area contributed by atoms with Gasteiger partial charge in [0.1, 0.15) is 0 Å². The van der Waals surface area contributed by atoms with Crippen LogP contribution in [0.3, 0.4) is 0 Å². The van der Waals surface area contributed by atoms with Crippen LogP contribution in [0, 0.1) is 23.7 Å². The highest BCUT2D eigenvalue weighted by atomic mass is 35.5. The van der Waals surface area contributed by atoms with E-state index in [4.69, 9.17) is 0 Å². The van der Waals surface area contributed by atoms with Crippen molar-refractivity contribution in [1.29, 1.82) is 0 Å². The van der Waals surface area contributed by atoms with E-state index >= 15 is 0 Å². The van der Waals surface area contributed by atoms with Crippen molar-refractivity contribution in [2.75, 3.05) is 13.1 Å². The van der Waals surface area contributed by atoms with Crippen molar-refractivity contribution in [3.8, 4) is 0 Å². The van der Waals surface area contributed by atoms with E-state index in [1.165, 1.54) is 38.5 Å². The van der Waals surface area contributed by atoms with Gasteiger partial charge >= 0.3 is 0 Å². The zero-order valence-electron chi connectivity index (χ0n) is 11.9. The van der Waals surface area contributed by atoms with Crippen LogP contribution in [0.2, 0.25) is 0 Å². The fourth-order valence-corrected chi connectivity index (χ4v) is 3.66. The van der Waals surface area contributed by atoms with Gasteiger partial charge in [-0.2, -0.15) is 0 Å². The van der Waals surface area contributed by atoms with Crippen molar-refractivity contribution in [3.63, 3.8) is 0 Å². The van der Waals surface area contributed by atoms with Crippen molar-refractivity contribution >= 4 is 18.3 Å². The Morgan fingerprint density at radius 1 is 1.21 bits per heavy atom. The molecule has 2 aliphatic carbocycles. The fraction of sp³-hybridized carbons (Fsp3) is 0.933. The molecule has 0 aromatic heterocycles. The Hall–Kier alpha value is -0.280. The van der Waals surface area contributed by atoms with Gasteiger partial charge < -0.3 is 10.6 Å². The van der Waals surface area contributed by atoms with Gasteiger partial charge in [0.15, 0.2) is 0 Å². The number of hydrogen-bond acceptors (Lipinski definition) is 2. The number of hydrogen-bond donors (Lipinski definition) is 2. The van der Waals surface area contributed by atoms with E-state index in [1.807, 2.05) is 0 Å². The molecule has 0 aromatic rings. The van der Waals surface area contributed by atoms with E-state index in [1.54, 1.807) is 0 Å². The number of nitrogens with one attached hydrogen (secondary N) is 2. The van der Waals surface area contributed by atoms with Crippen molar-refractivity contribution in [1.82, 2.24) is 10.6 Å². The molecule has 1 amide bonds. The molecular formula is C15H27ClN2O. The molecule has 2 N–H and O–H groups in total. The maximum absolute atomic E-state index is 12.1. The summed E-state index contributed by atoms with van der Waals surface area (Å²) in [7, 11) is 0. The molecule has 3 rings (SSSR count). The highest BCUT2D eigenvalue weighted by molar-refractivity contribution is 5.85. The van der Waals surface area contributed by atoms with Gasteiger partial charge in [-0.25, -0.2) is 0 Å². The van der Waals surface area contributed by atoms with Crippen molar-refractivity contribution in [2.24, 2.45) is 23.7 Å². The Morgan fingerprint density at radius 2 is 1.89 bits per heavy atom. The summed E-state index contributed by atoms with van der Waals surface area (Å²) in [4.78, 5) is 12.1. The number of carbonyl (C=O) groups excluding carboxylic acids is 1. The summed E-state index contributed by atoms with van der Waals surface area (Å²) in [6.07, 6.45) is 8.29. The van der Waals surface area contributed by atoms with E-state index in [0.29, 0.717) is 17.9 Å². The maximum atomic E-state index is 12.1.